The van der Waals surface area contributed by atoms with Gasteiger partial charge in [-0.05, 0) is 38.3 Å². The molecule has 0 bridgehead atoms. The van der Waals surface area contributed by atoms with Crippen molar-refractivity contribution in [2.24, 2.45) is 11.1 Å². The highest BCUT2D eigenvalue weighted by atomic mass is 16.6. The van der Waals surface area contributed by atoms with E-state index in [2.05, 4.69) is 32.0 Å². The van der Waals surface area contributed by atoms with Crippen LogP contribution in [0.25, 0.3) is 0 Å². The number of nitrogens with zero attached hydrogens (tertiary/aromatic N) is 1. The van der Waals surface area contributed by atoms with Gasteiger partial charge in [-0.15, -0.1) is 0 Å². The van der Waals surface area contributed by atoms with Gasteiger partial charge >= 0.3 is 0 Å². The fourth-order valence-electron chi connectivity index (χ4n) is 1.65. The molecular formula is C14H22N2O. The molecule has 94 valence electrons. The molecule has 0 radical (unpaired) electrons. The lowest BCUT2D eigenvalue weighted by atomic mass is 9.98. The number of benzene rings is 1. The van der Waals surface area contributed by atoms with Crippen LogP contribution in [0.4, 0.5) is 5.69 Å². The summed E-state index contributed by atoms with van der Waals surface area (Å²) in [4.78, 5) is 5.18. The first-order chi connectivity index (χ1) is 8.04. The van der Waals surface area contributed by atoms with Crippen molar-refractivity contribution in [3.8, 4) is 0 Å². The lowest BCUT2D eigenvalue weighted by Gasteiger charge is -2.12. The summed E-state index contributed by atoms with van der Waals surface area (Å²) in [6, 6.07) is 5.99. The SMILES string of the molecule is CCO/N=C(\CC(C)C)c1cc(C)ccc1N. The number of nitrogens with two attached hydrogens (primary N) is 1. The van der Waals surface area contributed by atoms with Crippen LogP contribution in [0.1, 0.15) is 38.3 Å². The van der Waals surface area contributed by atoms with Gasteiger partial charge in [0.05, 0.1) is 5.71 Å². The van der Waals surface area contributed by atoms with Crippen LogP contribution in [0.3, 0.4) is 0 Å². The maximum atomic E-state index is 6.00. The van der Waals surface area contributed by atoms with Crippen molar-refractivity contribution in [2.75, 3.05) is 12.3 Å². The Hall–Kier alpha value is -1.51. The summed E-state index contributed by atoms with van der Waals surface area (Å²) in [5, 5.41) is 4.19. The molecule has 0 aliphatic rings. The van der Waals surface area contributed by atoms with E-state index in [0.29, 0.717) is 12.5 Å². The lowest BCUT2D eigenvalue weighted by molar-refractivity contribution is 0.158. The highest BCUT2D eigenvalue weighted by Gasteiger charge is 2.11. The molecule has 0 fully saturated rings. The molecule has 0 heterocycles. The topological polar surface area (TPSA) is 47.6 Å². The zero-order chi connectivity index (χ0) is 12.8. The largest absolute Gasteiger partial charge is 0.398 e. The molecule has 2 N–H and O–H groups in total. The zero-order valence-electron chi connectivity index (χ0n) is 11.2. The normalized spacial score (nSPS) is 11.9. The van der Waals surface area contributed by atoms with Crippen LogP contribution in [0, 0.1) is 12.8 Å². The van der Waals surface area contributed by atoms with Gasteiger partial charge in [-0.1, -0.05) is 30.6 Å². The number of oxime groups is 1. The van der Waals surface area contributed by atoms with Crippen LogP contribution in [-0.2, 0) is 4.84 Å². The molecule has 3 heteroatoms. The number of hydrogen-bond acceptors (Lipinski definition) is 3. The van der Waals surface area contributed by atoms with E-state index in [-0.39, 0.29) is 0 Å². The predicted octanol–water partition coefficient (Wildman–Crippen LogP) is 3.36. The van der Waals surface area contributed by atoms with Crippen LogP contribution in [0.5, 0.6) is 0 Å². The van der Waals surface area contributed by atoms with E-state index in [1.807, 2.05) is 19.1 Å². The Kier molecular flexibility index (Phi) is 5.01. The minimum atomic E-state index is 0.522. The number of aryl methyl sites for hydroxylation is 1. The molecule has 0 unspecified atom stereocenters. The fraction of sp³-hybridized carbons (Fsp3) is 0.500. The molecule has 0 amide bonds. The van der Waals surface area contributed by atoms with Crippen LogP contribution in [0.15, 0.2) is 23.4 Å². The van der Waals surface area contributed by atoms with E-state index in [0.717, 1.165) is 23.4 Å². The first-order valence-corrected chi connectivity index (χ1v) is 6.10. The molecule has 0 saturated carbocycles. The van der Waals surface area contributed by atoms with E-state index in [1.54, 1.807) is 0 Å². The minimum Gasteiger partial charge on any atom is -0.398 e. The van der Waals surface area contributed by atoms with Crippen molar-refractivity contribution in [2.45, 2.75) is 34.1 Å². The number of nitrogen functional groups attached to an aromatic ring is 1. The van der Waals surface area contributed by atoms with Crippen molar-refractivity contribution in [1.29, 1.82) is 0 Å². The standard InChI is InChI=1S/C14H22N2O/c1-5-17-16-14(8-10(2)3)12-9-11(4)6-7-13(12)15/h6-7,9-10H,5,8,15H2,1-4H3/b16-14+. The van der Waals surface area contributed by atoms with Crippen LogP contribution in [-0.4, -0.2) is 12.3 Å². The van der Waals surface area contributed by atoms with Gasteiger partial charge in [0.15, 0.2) is 0 Å². The third kappa shape index (κ3) is 4.10. The second kappa shape index (κ2) is 6.28. The maximum Gasteiger partial charge on any atom is 0.114 e. The number of hydrogen-bond donors (Lipinski definition) is 1. The molecule has 0 saturated heterocycles. The van der Waals surface area contributed by atoms with Gasteiger partial charge in [0.25, 0.3) is 0 Å². The van der Waals surface area contributed by atoms with Crippen LogP contribution >= 0.6 is 0 Å². The smallest absolute Gasteiger partial charge is 0.114 e. The van der Waals surface area contributed by atoms with Gasteiger partial charge in [-0.2, -0.15) is 0 Å². The van der Waals surface area contributed by atoms with Crippen molar-refractivity contribution in [3.63, 3.8) is 0 Å². The van der Waals surface area contributed by atoms with Crippen LogP contribution < -0.4 is 5.73 Å². The Morgan fingerprint density at radius 1 is 1.41 bits per heavy atom. The number of anilines is 1. The van der Waals surface area contributed by atoms with Crippen molar-refractivity contribution in [3.05, 3.63) is 29.3 Å². The Morgan fingerprint density at radius 2 is 2.12 bits per heavy atom. The van der Waals surface area contributed by atoms with Gasteiger partial charge < -0.3 is 10.6 Å². The Morgan fingerprint density at radius 3 is 2.71 bits per heavy atom. The first kappa shape index (κ1) is 13.6. The summed E-state index contributed by atoms with van der Waals surface area (Å²) in [5.41, 5.74) is 9.87. The van der Waals surface area contributed by atoms with E-state index < -0.39 is 0 Å². The quantitative estimate of drug-likeness (QED) is 0.482. The third-order valence-corrected chi connectivity index (χ3v) is 2.43. The highest BCUT2D eigenvalue weighted by Crippen LogP contribution is 2.19. The van der Waals surface area contributed by atoms with Crippen molar-refractivity contribution in [1.82, 2.24) is 0 Å². The van der Waals surface area contributed by atoms with Gasteiger partial charge in [0.2, 0.25) is 0 Å². The van der Waals surface area contributed by atoms with Gasteiger partial charge in [0.1, 0.15) is 6.61 Å². The molecule has 0 spiro atoms. The number of rotatable bonds is 5. The Balaban J connectivity index is 3.07. The van der Waals surface area contributed by atoms with E-state index in [1.165, 1.54) is 5.56 Å². The third-order valence-electron chi connectivity index (χ3n) is 2.43. The van der Waals surface area contributed by atoms with Crippen LogP contribution in [0.2, 0.25) is 0 Å². The molecule has 1 aromatic carbocycles. The second-order valence-electron chi connectivity index (χ2n) is 4.64. The molecule has 3 nitrogen and oxygen atoms in total. The summed E-state index contributed by atoms with van der Waals surface area (Å²) in [5.74, 6) is 0.522. The maximum absolute atomic E-state index is 6.00. The van der Waals surface area contributed by atoms with E-state index in [4.69, 9.17) is 10.6 Å². The molecule has 0 aromatic heterocycles. The summed E-state index contributed by atoms with van der Waals surface area (Å²) in [6.07, 6.45) is 0.869. The highest BCUT2D eigenvalue weighted by molar-refractivity contribution is 6.04. The molecule has 17 heavy (non-hydrogen) atoms. The summed E-state index contributed by atoms with van der Waals surface area (Å²) < 4.78 is 0. The minimum absolute atomic E-state index is 0.522. The monoisotopic (exact) mass is 234 g/mol. The average molecular weight is 234 g/mol. The summed E-state index contributed by atoms with van der Waals surface area (Å²) in [7, 11) is 0. The van der Waals surface area contributed by atoms with Gasteiger partial charge in [-0.3, -0.25) is 0 Å². The summed E-state index contributed by atoms with van der Waals surface area (Å²) in [6.45, 7) is 8.88. The van der Waals surface area contributed by atoms with E-state index >= 15 is 0 Å². The Labute approximate surface area is 104 Å². The fourth-order valence-corrected chi connectivity index (χ4v) is 1.65. The van der Waals surface area contributed by atoms with Gasteiger partial charge in [0, 0.05) is 11.3 Å². The second-order valence-corrected chi connectivity index (χ2v) is 4.64. The molecule has 1 aromatic rings. The zero-order valence-corrected chi connectivity index (χ0v) is 11.2. The molecule has 0 atom stereocenters. The van der Waals surface area contributed by atoms with Crippen molar-refractivity contribution < 1.29 is 4.84 Å². The molecule has 1 rings (SSSR count). The Bertz CT molecular complexity index is 397. The predicted molar refractivity (Wildman–Crippen MR) is 73.2 cm³/mol. The molecule has 0 aliphatic carbocycles. The molecule has 0 aliphatic heterocycles. The first-order valence-electron chi connectivity index (χ1n) is 6.10. The average Bonchev–Trinajstić information content (AvgIpc) is 2.27. The van der Waals surface area contributed by atoms with E-state index in [9.17, 15) is 0 Å². The van der Waals surface area contributed by atoms with Gasteiger partial charge in [-0.25, -0.2) is 0 Å². The molecular weight excluding hydrogens is 212 g/mol. The summed E-state index contributed by atoms with van der Waals surface area (Å²) >= 11 is 0. The van der Waals surface area contributed by atoms with Crippen molar-refractivity contribution >= 4 is 11.4 Å². The lowest BCUT2D eigenvalue weighted by Crippen LogP contribution is -2.09.